The third kappa shape index (κ3) is 7.08. The van der Waals surface area contributed by atoms with E-state index in [-0.39, 0.29) is 17.2 Å². The van der Waals surface area contributed by atoms with Crippen LogP contribution in [0.25, 0.3) is 0 Å². The zero-order valence-electron chi connectivity index (χ0n) is 19.7. The normalized spacial score (nSPS) is 11.5. The minimum Gasteiger partial charge on any atom is -0.497 e. The summed E-state index contributed by atoms with van der Waals surface area (Å²) in [6.45, 7) is -0.461. The number of nitrogens with one attached hydrogen (secondary N) is 1. The molecule has 3 rings (SSSR count). The molecule has 0 atom stereocenters. The van der Waals surface area contributed by atoms with Crippen LogP contribution >= 0.6 is 11.8 Å². The first-order valence-corrected chi connectivity index (χ1v) is 13.3. The van der Waals surface area contributed by atoms with Crippen molar-refractivity contribution in [1.82, 2.24) is 9.73 Å². The quantitative estimate of drug-likeness (QED) is 0.238. The number of nitrogens with zero attached hydrogens (tertiary/aromatic N) is 2. The van der Waals surface area contributed by atoms with E-state index >= 15 is 0 Å². The molecule has 0 spiro atoms. The number of amides is 1. The number of methoxy groups -OCH3 is 2. The lowest BCUT2D eigenvalue weighted by atomic mass is 10.2. The molecule has 0 heterocycles. The molecule has 0 saturated heterocycles. The molecule has 184 valence electrons. The van der Waals surface area contributed by atoms with E-state index < -0.39 is 22.5 Å². The highest BCUT2D eigenvalue weighted by molar-refractivity contribution is 7.98. The number of carbonyl (C=O) groups is 1. The second-order valence-corrected chi connectivity index (χ2v) is 10.1. The fourth-order valence-corrected chi connectivity index (χ4v) is 5.17. The SMILES string of the molecule is COc1ccc(OC)c(S(=O)(=O)N(CC(=O)N/N=C/c2ccc(SC)cc2)Cc2ccccc2)c1. The van der Waals surface area contributed by atoms with Gasteiger partial charge in [0, 0.05) is 17.5 Å². The summed E-state index contributed by atoms with van der Waals surface area (Å²) in [5, 5.41) is 3.98. The van der Waals surface area contributed by atoms with Crippen molar-refractivity contribution in [1.29, 1.82) is 0 Å². The van der Waals surface area contributed by atoms with Gasteiger partial charge < -0.3 is 9.47 Å². The predicted octanol–water partition coefficient (Wildman–Crippen LogP) is 3.77. The predicted molar refractivity (Wildman–Crippen MR) is 138 cm³/mol. The molecule has 35 heavy (non-hydrogen) atoms. The molecule has 1 amide bonds. The van der Waals surface area contributed by atoms with Crippen LogP contribution in [0.4, 0.5) is 0 Å². The molecule has 0 bridgehead atoms. The number of thioether (sulfide) groups is 1. The average Bonchev–Trinajstić information content (AvgIpc) is 2.88. The van der Waals surface area contributed by atoms with Gasteiger partial charge >= 0.3 is 0 Å². The van der Waals surface area contributed by atoms with Crippen molar-refractivity contribution in [3.05, 3.63) is 83.9 Å². The number of hydrazone groups is 1. The van der Waals surface area contributed by atoms with Crippen LogP contribution in [0.15, 0.2) is 87.7 Å². The number of carbonyl (C=O) groups excluding carboxylic acids is 1. The van der Waals surface area contributed by atoms with E-state index in [4.69, 9.17) is 9.47 Å². The highest BCUT2D eigenvalue weighted by Crippen LogP contribution is 2.31. The van der Waals surface area contributed by atoms with Gasteiger partial charge in [0.05, 0.1) is 27.0 Å². The number of hydrogen-bond donors (Lipinski definition) is 1. The van der Waals surface area contributed by atoms with Gasteiger partial charge in [-0.15, -0.1) is 11.8 Å². The molecule has 0 fully saturated rings. The molecule has 1 N–H and O–H groups in total. The summed E-state index contributed by atoms with van der Waals surface area (Å²) in [5.74, 6) is -0.0788. The molecule has 8 nitrogen and oxygen atoms in total. The van der Waals surface area contributed by atoms with Crippen LogP contribution in [-0.2, 0) is 21.4 Å². The summed E-state index contributed by atoms with van der Waals surface area (Å²) < 4.78 is 38.9. The van der Waals surface area contributed by atoms with Crippen LogP contribution in [0, 0.1) is 0 Å². The third-order valence-corrected chi connectivity index (χ3v) is 7.59. The number of ether oxygens (including phenoxy) is 2. The van der Waals surface area contributed by atoms with E-state index in [0.717, 1.165) is 20.3 Å². The van der Waals surface area contributed by atoms with Crippen LogP contribution < -0.4 is 14.9 Å². The molecule has 0 aliphatic heterocycles. The highest BCUT2D eigenvalue weighted by Gasteiger charge is 2.30. The van der Waals surface area contributed by atoms with Crippen LogP contribution in [0.2, 0.25) is 0 Å². The second kappa shape index (κ2) is 12.4. The van der Waals surface area contributed by atoms with Gasteiger partial charge in [0.15, 0.2) is 0 Å². The molecule has 3 aromatic carbocycles. The van der Waals surface area contributed by atoms with Crippen molar-refractivity contribution in [2.75, 3.05) is 27.0 Å². The number of hydrogen-bond acceptors (Lipinski definition) is 7. The molecule has 0 aliphatic carbocycles. The maximum atomic E-state index is 13.6. The first-order valence-electron chi connectivity index (χ1n) is 10.6. The standard InChI is InChI=1S/C25H27N3O5S2/c1-32-21-11-14-23(33-2)24(15-21)35(30,31)28(17-20-7-5-4-6-8-20)18-25(29)27-26-16-19-9-12-22(34-3)13-10-19/h4-16H,17-18H2,1-3H3,(H,27,29)/b26-16+. The second-order valence-electron chi connectivity index (χ2n) is 7.34. The van der Waals surface area contributed by atoms with Gasteiger partial charge in [0.2, 0.25) is 10.0 Å². The van der Waals surface area contributed by atoms with Crippen LogP contribution in [0.1, 0.15) is 11.1 Å². The summed E-state index contributed by atoms with van der Waals surface area (Å²) in [4.78, 5) is 13.7. The topological polar surface area (TPSA) is 97.3 Å². The van der Waals surface area contributed by atoms with Gasteiger partial charge in [0.1, 0.15) is 16.4 Å². The Morgan fingerprint density at radius 3 is 2.37 bits per heavy atom. The van der Waals surface area contributed by atoms with Crippen LogP contribution in [0.5, 0.6) is 11.5 Å². The van der Waals surface area contributed by atoms with E-state index in [2.05, 4.69) is 10.5 Å². The summed E-state index contributed by atoms with van der Waals surface area (Å²) >= 11 is 1.63. The van der Waals surface area contributed by atoms with Gasteiger partial charge in [-0.05, 0) is 41.6 Å². The minimum atomic E-state index is -4.14. The monoisotopic (exact) mass is 513 g/mol. The van der Waals surface area contributed by atoms with Gasteiger partial charge in [0.25, 0.3) is 5.91 Å². The van der Waals surface area contributed by atoms with Crippen molar-refractivity contribution < 1.29 is 22.7 Å². The Morgan fingerprint density at radius 1 is 1.03 bits per heavy atom. The van der Waals surface area contributed by atoms with E-state index in [1.807, 2.05) is 36.6 Å². The molecule has 0 saturated carbocycles. The Labute approximate surface area is 210 Å². The lowest BCUT2D eigenvalue weighted by Crippen LogP contribution is -2.39. The number of sulfonamides is 1. The zero-order valence-corrected chi connectivity index (χ0v) is 21.3. The smallest absolute Gasteiger partial charge is 0.255 e. The lowest BCUT2D eigenvalue weighted by molar-refractivity contribution is -0.121. The van der Waals surface area contributed by atoms with Gasteiger partial charge in [-0.2, -0.15) is 9.41 Å². The number of rotatable bonds is 11. The van der Waals surface area contributed by atoms with Crippen molar-refractivity contribution in [3.63, 3.8) is 0 Å². The molecule has 0 radical (unpaired) electrons. The zero-order chi connectivity index (χ0) is 25.3. The van der Waals surface area contributed by atoms with E-state index in [1.165, 1.54) is 32.6 Å². The molecule has 0 aliphatic rings. The highest BCUT2D eigenvalue weighted by atomic mass is 32.2. The first kappa shape index (κ1) is 26.3. The van der Waals surface area contributed by atoms with Crippen molar-refractivity contribution in [2.45, 2.75) is 16.3 Å². The molecule has 0 unspecified atom stereocenters. The maximum Gasteiger partial charge on any atom is 0.255 e. The maximum absolute atomic E-state index is 13.6. The average molecular weight is 514 g/mol. The fourth-order valence-electron chi connectivity index (χ4n) is 3.20. The Morgan fingerprint density at radius 2 is 1.74 bits per heavy atom. The van der Waals surface area contributed by atoms with Crippen molar-refractivity contribution in [2.24, 2.45) is 5.10 Å². The molecule has 0 aromatic heterocycles. The Bertz CT molecular complexity index is 1260. The van der Waals surface area contributed by atoms with Crippen LogP contribution in [-0.4, -0.2) is 51.9 Å². The van der Waals surface area contributed by atoms with Gasteiger partial charge in [-0.25, -0.2) is 13.8 Å². The summed E-state index contributed by atoms with van der Waals surface area (Å²) in [6.07, 6.45) is 3.49. The van der Waals surface area contributed by atoms with Crippen molar-refractivity contribution >= 4 is 33.9 Å². The van der Waals surface area contributed by atoms with Gasteiger partial charge in [-0.3, -0.25) is 4.79 Å². The van der Waals surface area contributed by atoms with Crippen LogP contribution in [0.3, 0.4) is 0 Å². The molecular weight excluding hydrogens is 486 g/mol. The van der Waals surface area contributed by atoms with E-state index in [9.17, 15) is 13.2 Å². The van der Waals surface area contributed by atoms with E-state index in [0.29, 0.717) is 5.75 Å². The summed E-state index contributed by atoms with van der Waals surface area (Å²) in [5.41, 5.74) is 3.94. The Balaban J connectivity index is 1.84. The summed E-state index contributed by atoms with van der Waals surface area (Å²) in [7, 11) is -1.31. The Hall–Kier alpha value is -3.34. The Kier molecular flexibility index (Phi) is 9.30. The van der Waals surface area contributed by atoms with E-state index in [1.54, 1.807) is 42.1 Å². The molecule has 3 aromatic rings. The minimum absolute atomic E-state index is 0.0170. The lowest BCUT2D eigenvalue weighted by Gasteiger charge is -2.23. The fraction of sp³-hybridized carbons (Fsp3) is 0.200. The first-order chi connectivity index (χ1) is 16.9. The third-order valence-electron chi connectivity index (χ3n) is 5.03. The molecule has 10 heteroatoms. The molecular formula is C25H27N3O5S2. The number of benzene rings is 3. The summed E-state index contributed by atoms with van der Waals surface area (Å²) in [6, 6.07) is 21.2. The van der Waals surface area contributed by atoms with Crippen molar-refractivity contribution in [3.8, 4) is 11.5 Å². The largest absolute Gasteiger partial charge is 0.497 e. The van der Waals surface area contributed by atoms with Gasteiger partial charge in [-0.1, -0.05) is 42.5 Å².